The van der Waals surface area contributed by atoms with Gasteiger partial charge in [-0.15, -0.1) is 0 Å². The molecule has 0 aromatic heterocycles. The Morgan fingerprint density at radius 2 is 1.63 bits per heavy atom. The number of rotatable bonds is 7. The molecule has 0 saturated carbocycles. The molecule has 1 amide bonds. The summed E-state index contributed by atoms with van der Waals surface area (Å²) >= 11 is 0. The molecule has 0 unspecified atom stereocenters. The zero-order valence-corrected chi connectivity index (χ0v) is 20.6. The minimum Gasteiger partial charge on any atom is -0.486 e. The first-order valence-electron chi connectivity index (χ1n) is 11.1. The molecular formula is C25H21F3N2O7S. The molecule has 9 nitrogen and oxygen atoms in total. The second-order valence-corrected chi connectivity index (χ2v) is 9.79. The largest absolute Gasteiger partial charge is 0.486 e. The number of esters is 1. The summed E-state index contributed by atoms with van der Waals surface area (Å²) in [6, 6.07) is 13.1. The standard InChI is InChI=1S/C25H21F3N2O7S/c1-15(23(31)29-18-8-9-21-22(14-18)36-11-10-35-21)37-24(32)16-4-2-7-20(12-16)38(33,34)30-19-6-3-5-17(13-19)25(26,27)28/h2-9,12-15,30H,10-11H2,1H3,(H,29,31)/t15-/m0/s1. The van der Waals surface area contributed by atoms with Crippen LogP contribution >= 0.6 is 0 Å². The van der Waals surface area contributed by atoms with Crippen LogP contribution in [0.2, 0.25) is 0 Å². The van der Waals surface area contributed by atoms with Crippen molar-refractivity contribution in [1.29, 1.82) is 0 Å². The quantitative estimate of drug-likeness (QED) is 0.417. The van der Waals surface area contributed by atoms with Gasteiger partial charge in [0, 0.05) is 17.4 Å². The molecule has 1 aliphatic rings. The molecular weight excluding hydrogens is 529 g/mol. The Balaban J connectivity index is 1.42. The average Bonchev–Trinajstić information content (AvgIpc) is 2.88. The van der Waals surface area contributed by atoms with E-state index in [1.807, 2.05) is 0 Å². The summed E-state index contributed by atoms with van der Waals surface area (Å²) < 4.78 is 82.4. The number of fused-ring (bicyclic) bond motifs is 1. The Hall–Kier alpha value is -4.26. The monoisotopic (exact) mass is 550 g/mol. The van der Waals surface area contributed by atoms with Crippen LogP contribution in [-0.4, -0.2) is 39.6 Å². The van der Waals surface area contributed by atoms with E-state index in [2.05, 4.69) is 10.0 Å². The first-order chi connectivity index (χ1) is 17.9. The Kier molecular flexibility index (Phi) is 7.49. The van der Waals surface area contributed by atoms with Crippen LogP contribution in [-0.2, 0) is 25.7 Å². The fourth-order valence-corrected chi connectivity index (χ4v) is 4.51. The van der Waals surface area contributed by atoms with Crippen LogP contribution in [0.1, 0.15) is 22.8 Å². The van der Waals surface area contributed by atoms with E-state index in [-0.39, 0.29) is 11.3 Å². The molecule has 0 fully saturated rings. The van der Waals surface area contributed by atoms with Crippen LogP contribution in [0.3, 0.4) is 0 Å². The summed E-state index contributed by atoms with van der Waals surface area (Å²) in [5.74, 6) is -0.641. The maximum Gasteiger partial charge on any atom is 0.416 e. The van der Waals surface area contributed by atoms with E-state index in [0.29, 0.717) is 36.5 Å². The number of nitrogens with one attached hydrogen (secondary N) is 2. The minimum atomic E-state index is -4.66. The molecule has 0 saturated heterocycles. The Bertz CT molecular complexity index is 1480. The molecule has 4 rings (SSSR count). The van der Waals surface area contributed by atoms with E-state index < -0.39 is 44.6 Å². The third-order valence-electron chi connectivity index (χ3n) is 5.28. The number of carbonyl (C=O) groups excluding carboxylic acids is 2. The van der Waals surface area contributed by atoms with Crippen LogP contribution in [0.25, 0.3) is 0 Å². The first-order valence-corrected chi connectivity index (χ1v) is 12.6. The molecule has 0 aliphatic carbocycles. The normalized spacial score (nSPS) is 13.8. The van der Waals surface area contributed by atoms with Crippen molar-refractivity contribution in [2.45, 2.75) is 24.1 Å². The number of amides is 1. The van der Waals surface area contributed by atoms with Crippen LogP contribution in [0.4, 0.5) is 24.5 Å². The van der Waals surface area contributed by atoms with E-state index in [1.165, 1.54) is 19.1 Å². The molecule has 1 aliphatic heterocycles. The number of ether oxygens (including phenoxy) is 3. The van der Waals surface area contributed by atoms with Gasteiger partial charge in [0.05, 0.1) is 16.0 Å². The molecule has 200 valence electrons. The van der Waals surface area contributed by atoms with Crippen LogP contribution in [0, 0.1) is 0 Å². The highest BCUT2D eigenvalue weighted by atomic mass is 32.2. The summed E-state index contributed by atoms with van der Waals surface area (Å²) in [7, 11) is -4.35. The van der Waals surface area contributed by atoms with Gasteiger partial charge in [0.25, 0.3) is 15.9 Å². The fourth-order valence-electron chi connectivity index (χ4n) is 3.41. The van der Waals surface area contributed by atoms with Crippen LogP contribution in [0.15, 0.2) is 71.6 Å². The van der Waals surface area contributed by atoms with E-state index in [1.54, 1.807) is 18.2 Å². The van der Waals surface area contributed by atoms with Gasteiger partial charge in [0.2, 0.25) is 0 Å². The molecule has 3 aromatic carbocycles. The second-order valence-electron chi connectivity index (χ2n) is 8.11. The highest BCUT2D eigenvalue weighted by Crippen LogP contribution is 2.33. The lowest BCUT2D eigenvalue weighted by atomic mass is 10.2. The van der Waals surface area contributed by atoms with Crippen molar-refractivity contribution in [3.63, 3.8) is 0 Å². The van der Waals surface area contributed by atoms with Gasteiger partial charge in [-0.1, -0.05) is 12.1 Å². The van der Waals surface area contributed by atoms with E-state index in [9.17, 15) is 31.2 Å². The number of halogens is 3. The van der Waals surface area contributed by atoms with Gasteiger partial charge in [0.15, 0.2) is 17.6 Å². The SMILES string of the molecule is C[C@H](OC(=O)c1cccc(S(=O)(=O)Nc2cccc(C(F)(F)F)c2)c1)C(=O)Nc1ccc2c(c1)OCCO2. The summed E-state index contributed by atoms with van der Waals surface area (Å²) in [6.45, 7) is 2.11. The van der Waals surface area contributed by atoms with Crippen LogP contribution < -0.4 is 19.5 Å². The predicted molar refractivity (Wildman–Crippen MR) is 130 cm³/mol. The van der Waals surface area contributed by atoms with Crippen molar-refractivity contribution in [3.05, 3.63) is 77.9 Å². The highest BCUT2D eigenvalue weighted by Gasteiger charge is 2.31. The smallest absolute Gasteiger partial charge is 0.416 e. The van der Waals surface area contributed by atoms with Crippen molar-refractivity contribution >= 4 is 33.3 Å². The summed E-state index contributed by atoms with van der Waals surface area (Å²) in [5, 5.41) is 2.59. The van der Waals surface area contributed by atoms with E-state index in [0.717, 1.165) is 30.3 Å². The number of carbonyl (C=O) groups is 2. The lowest BCUT2D eigenvalue weighted by molar-refractivity contribution is -0.137. The Morgan fingerprint density at radius 1 is 0.921 bits per heavy atom. The van der Waals surface area contributed by atoms with Gasteiger partial charge < -0.3 is 19.5 Å². The second kappa shape index (κ2) is 10.6. The maximum atomic E-state index is 12.9. The Morgan fingerprint density at radius 3 is 2.37 bits per heavy atom. The predicted octanol–water partition coefficient (Wildman–Crippen LogP) is 4.46. The summed E-state index contributed by atoms with van der Waals surface area (Å²) in [5.41, 5.74) is -1.14. The zero-order valence-electron chi connectivity index (χ0n) is 19.7. The molecule has 0 bridgehead atoms. The number of alkyl halides is 3. The molecule has 13 heteroatoms. The lowest BCUT2D eigenvalue weighted by Gasteiger charge is -2.19. The van der Waals surface area contributed by atoms with Gasteiger partial charge in [-0.2, -0.15) is 13.2 Å². The van der Waals surface area contributed by atoms with Gasteiger partial charge in [-0.25, -0.2) is 13.2 Å². The average molecular weight is 551 g/mol. The van der Waals surface area contributed by atoms with Gasteiger partial charge in [-0.3, -0.25) is 9.52 Å². The van der Waals surface area contributed by atoms with E-state index >= 15 is 0 Å². The molecule has 0 radical (unpaired) electrons. The maximum absolute atomic E-state index is 12.9. The van der Waals surface area contributed by atoms with Crippen molar-refractivity contribution in [2.75, 3.05) is 23.3 Å². The number of sulfonamides is 1. The number of anilines is 2. The third-order valence-corrected chi connectivity index (χ3v) is 6.66. The molecule has 38 heavy (non-hydrogen) atoms. The van der Waals surface area contributed by atoms with E-state index in [4.69, 9.17) is 14.2 Å². The first kappa shape index (κ1) is 26.8. The molecule has 1 atom stereocenters. The number of benzene rings is 3. The van der Waals surface area contributed by atoms with Crippen molar-refractivity contribution in [3.8, 4) is 11.5 Å². The minimum absolute atomic E-state index is 0.184. The van der Waals surface area contributed by atoms with Crippen molar-refractivity contribution in [1.82, 2.24) is 0 Å². The van der Waals surface area contributed by atoms with Crippen molar-refractivity contribution in [2.24, 2.45) is 0 Å². The van der Waals surface area contributed by atoms with Gasteiger partial charge in [0.1, 0.15) is 13.2 Å². The van der Waals surface area contributed by atoms with Crippen LogP contribution in [0.5, 0.6) is 11.5 Å². The molecule has 0 spiro atoms. The number of hydrogen-bond acceptors (Lipinski definition) is 7. The van der Waals surface area contributed by atoms with Gasteiger partial charge >= 0.3 is 12.1 Å². The lowest BCUT2D eigenvalue weighted by Crippen LogP contribution is -2.30. The summed E-state index contributed by atoms with van der Waals surface area (Å²) in [6.07, 6.45) is -5.91. The summed E-state index contributed by atoms with van der Waals surface area (Å²) in [4.78, 5) is 24.8. The molecule has 2 N–H and O–H groups in total. The molecule has 3 aromatic rings. The Labute approximate surface area is 215 Å². The molecule has 1 heterocycles. The fraction of sp³-hybridized carbons (Fsp3) is 0.200. The highest BCUT2D eigenvalue weighted by molar-refractivity contribution is 7.92. The zero-order chi connectivity index (χ0) is 27.5. The third kappa shape index (κ3) is 6.35. The van der Waals surface area contributed by atoms with Gasteiger partial charge in [-0.05, 0) is 55.5 Å². The topological polar surface area (TPSA) is 120 Å². The number of hydrogen-bond donors (Lipinski definition) is 2. The van der Waals surface area contributed by atoms with Crippen molar-refractivity contribution < 1.29 is 45.4 Å².